The van der Waals surface area contributed by atoms with E-state index in [1.54, 1.807) is 12.4 Å². The maximum absolute atomic E-state index is 7.05. The molecule has 0 fully saturated rings. The predicted molar refractivity (Wildman–Crippen MR) is 65.9 cm³/mol. The Balaban J connectivity index is 2.28. The number of benzene rings is 1. The molecule has 1 aromatic heterocycles. The van der Waals surface area contributed by atoms with Crippen LogP contribution in [-0.2, 0) is 0 Å². The second kappa shape index (κ2) is 4.90. The maximum atomic E-state index is 7.05. The number of aromatic nitrogens is 1. The van der Waals surface area contributed by atoms with E-state index in [9.17, 15) is 0 Å². The van der Waals surface area contributed by atoms with Crippen molar-refractivity contribution in [1.29, 1.82) is 0 Å². The topological polar surface area (TPSA) is 17.2 Å². The van der Waals surface area contributed by atoms with Crippen molar-refractivity contribution in [3.8, 4) is 0 Å². The Bertz CT molecular complexity index is 536. The summed E-state index contributed by atoms with van der Waals surface area (Å²) in [6.07, 6.45) is 7.42. The Hall–Kier alpha value is -2.40. The number of nitrogens with zero attached hydrogens (tertiary/aromatic N) is 2. The molecule has 2 heteroatoms. The highest BCUT2D eigenvalue weighted by Gasteiger charge is 1.95. The summed E-state index contributed by atoms with van der Waals surface area (Å²) in [7, 11) is 0. The first kappa shape index (κ1) is 10.1. The molecule has 0 unspecified atom stereocenters. The molecule has 0 radical (unpaired) electrons. The van der Waals surface area contributed by atoms with Crippen LogP contribution in [0.4, 0.5) is 5.69 Å². The highest BCUT2D eigenvalue weighted by Crippen LogP contribution is 2.20. The van der Waals surface area contributed by atoms with Crippen LogP contribution >= 0.6 is 0 Å². The van der Waals surface area contributed by atoms with E-state index in [1.807, 2.05) is 48.6 Å². The van der Waals surface area contributed by atoms with Crippen LogP contribution in [0.5, 0.6) is 0 Å². The lowest BCUT2D eigenvalue weighted by Crippen LogP contribution is -1.74. The fourth-order valence-corrected chi connectivity index (χ4v) is 1.39. The minimum Gasteiger partial charge on any atom is -0.264 e. The number of pyridine rings is 1. The fraction of sp³-hybridized carbons (Fsp3) is 0. The Labute approximate surface area is 94.7 Å². The first-order chi connectivity index (χ1) is 7.90. The third-order valence-corrected chi connectivity index (χ3v) is 2.20. The van der Waals surface area contributed by atoms with E-state index in [0.717, 1.165) is 11.1 Å². The van der Waals surface area contributed by atoms with Gasteiger partial charge in [0.15, 0.2) is 5.69 Å². The normalized spacial score (nSPS) is 10.2. The van der Waals surface area contributed by atoms with Crippen LogP contribution < -0.4 is 0 Å². The highest BCUT2D eigenvalue weighted by atomic mass is 14.6. The molecule has 2 nitrogen and oxygen atoms in total. The molecular formula is C14H10N2. The molecule has 0 aliphatic carbocycles. The van der Waals surface area contributed by atoms with Gasteiger partial charge in [0, 0.05) is 12.4 Å². The van der Waals surface area contributed by atoms with Crippen molar-refractivity contribution < 1.29 is 0 Å². The second-order valence-corrected chi connectivity index (χ2v) is 3.29. The van der Waals surface area contributed by atoms with Crippen LogP contribution in [-0.4, -0.2) is 4.98 Å². The summed E-state index contributed by atoms with van der Waals surface area (Å²) < 4.78 is 0. The van der Waals surface area contributed by atoms with Gasteiger partial charge in [-0.15, -0.1) is 0 Å². The zero-order valence-corrected chi connectivity index (χ0v) is 8.67. The van der Waals surface area contributed by atoms with Crippen LogP contribution in [0.15, 0.2) is 48.8 Å². The summed E-state index contributed by atoms with van der Waals surface area (Å²) in [6, 6.07) is 11.4. The van der Waals surface area contributed by atoms with Crippen molar-refractivity contribution >= 4 is 17.8 Å². The monoisotopic (exact) mass is 206 g/mol. The minimum atomic E-state index is 0.669. The van der Waals surface area contributed by atoms with Gasteiger partial charge in [-0.2, -0.15) is 0 Å². The zero-order valence-electron chi connectivity index (χ0n) is 8.67. The SMILES string of the molecule is [C-]#[N+]c1ccccc1/C=C/c1cccnc1. The van der Waals surface area contributed by atoms with E-state index in [4.69, 9.17) is 6.57 Å². The fourth-order valence-electron chi connectivity index (χ4n) is 1.39. The van der Waals surface area contributed by atoms with E-state index in [1.165, 1.54) is 0 Å². The Kier molecular flexibility index (Phi) is 3.10. The van der Waals surface area contributed by atoms with Gasteiger partial charge in [-0.05, 0) is 17.2 Å². The maximum Gasteiger partial charge on any atom is 0.194 e. The quantitative estimate of drug-likeness (QED) is 0.683. The molecule has 0 N–H and O–H groups in total. The molecule has 16 heavy (non-hydrogen) atoms. The van der Waals surface area contributed by atoms with E-state index in [0.29, 0.717) is 5.69 Å². The number of hydrogen-bond donors (Lipinski definition) is 0. The lowest BCUT2D eigenvalue weighted by atomic mass is 10.1. The summed E-state index contributed by atoms with van der Waals surface area (Å²) >= 11 is 0. The molecule has 0 atom stereocenters. The molecule has 0 aliphatic rings. The van der Waals surface area contributed by atoms with Crippen molar-refractivity contribution in [3.63, 3.8) is 0 Å². The van der Waals surface area contributed by atoms with Gasteiger partial charge in [0.05, 0.1) is 6.57 Å². The Morgan fingerprint density at radius 3 is 2.69 bits per heavy atom. The Morgan fingerprint density at radius 1 is 1.06 bits per heavy atom. The largest absolute Gasteiger partial charge is 0.264 e. The first-order valence-corrected chi connectivity index (χ1v) is 4.95. The third-order valence-electron chi connectivity index (χ3n) is 2.20. The van der Waals surface area contributed by atoms with Gasteiger partial charge in [-0.3, -0.25) is 4.98 Å². The van der Waals surface area contributed by atoms with Gasteiger partial charge in [0.25, 0.3) is 0 Å². The van der Waals surface area contributed by atoms with Gasteiger partial charge in [0.1, 0.15) is 0 Å². The van der Waals surface area contributed by atoms with Crippen molar-refractivity contribution in [2.24, 2.45) is 0 Å². The molecule has 1 aromatic carbocycles. The molecule has 0 aliphatic heterocycles. The van der Waals surface area contributed by atoms with Gasteiger partial charge >= 0.3 is 0 Å². The van der Waals surface area contributed by atoms with Gasteiger partial charge < -0.3 is 0 Å². The number of rotatable bonds is 2. The molecule has 0 saturated heterocycles. The summed E-state index contributed by atoms with van der Waals surface area (Å²) in [4.78, 5) is 7.49. The van der Waals surface area contributed by atoms with E-state index < -0.39 is 0 Å². The van der Waals surface area contributed by atoms with E-state index in [-0.39, 0.29) is 0 Å². The van der Waals surface area contributed by atoms with Crippen molar-refractivity contribution in [3.05, 3.63) is 71.3 Å². The van der Waals surface area contributed by atoms with Crippen molar-refractivity contribution in [2.75, 3.05) is 0 Å². The lowest BCUT2D eigenvalue weighted by Gasteiger charge is -1.96. The second-order valence-electron chi connectivity index (χ2n) is 3.29. The average molecular weight is 206 g/mol. The van der Waals surface area contributed by atoms with Crippen molar-refractivity contribution in [1.82, 2.24) is 4.98 Å². The van der Waals surface area contributed by atoms with Crippen LogP contribution in [0.2, 0.25) is 0 Å². The van der Waals surface area contributed by atoms with E-state index >= 15 is 0 Å². The molecule has 2 aromatic rings. The van der Waals surface area contributed by atoms with Crippen LogP contribution in [0, 0.1) is 6.57 Å². The van der Waals surface area contributed by atoms with Gasteiger partial charge in [0.2, 0.25) is 0 Å². The van der Waals surface area contributed by atoms with E-state index in [2.05, 4.69) is 9.83 Å². The molecule has 0 bridgehead atoms. The smallest absolute Gasteiger partial charge is 0.194 e. The molecule has 2 rings (SSSR count). The molecule has 1 heterocycles. The summed E-state index contributed by atoms with van der Waals surface area (Å²) in [5, 5.41) is 0. The zero-order chi connectivity index (χ0) is 11.2. The summed E-state index contributed by atoms with van der Waals surface area (Å²) in [5.74, 6) is 0. The number of hydrogen-bond acceptors (Lipinski definition) is 1. The average Bonchev–Trinajstić information content (AvgIpc) is 2.38. The van der Waals surface area contributed by atoms with Crippen LogP contribution in [0.1, 0.15) is 11.1 Å². The molecule has 0 amide bonds. The van der Waals surface area contributed by atoms with Crippen LogP contribution in [0.25, 0.3) is 17.0 Å². The van der Waals surface area contributed by atoms with Crippen molar-refractivity contribution in [2.45, 2.75) is 0 Å². The van der Waals surface area contributed by atoms with Crippen LogP contribution in [0.3, 0.4) is 0 Å². The summed E-state index contributed by atoms with van der Waals surface area (Å²) in [6.45, 7) is 7.05. The highest BCUT2D eigenvalue weighted by molar-refractivity contribution is 5.76. The standard InChI is InChI=1S/C14H10N2/c1-15-14-7-3-2-6-13(14)9-8-12-5-4-10-16-11-12/h2-11H/b9-8+. The summed E-state index contributed by atoms with van der Waals surface area (Å²) in [5.41, 5.74) is 2.63. The molecule has 76 valence electrons. The molecule has 0 saturated carbocycles. The van der Waals surface area contributed by atoms with Gasteiger partial charge in [-0.25, -0.2) is 4.85 Å². The molecular weight excluding hydrogens is 196 g/mol. The third kappa shape index (κ3) is 2.34. The Morgan fingerprint density at radius 2 is 1.94 bits per heavy atom. The lowest BCUT2D eigenvalue weighted by molar-refractivity contribution is 1.32. The first-order valence-electron chi connectivity index (χ1n) is 4.95. The predicted octanol–water partition coefficient (Wildman–Crippen LogP) is 3.80. The number of para-hydroxylation sites is 1. The van der Waals surface area contributed by atoms with Gasteiger partial charge in [-0.1, -0.05) is 42.5 Å². The minimum absolute atomic E-state index is 0.669. The molecule has 0 spiro atoms.